The van der Waals surface area contributed by atoms with Gasteiger partial charge in [-0.25, -0.2) is 4.79 Å². The van der Waals surface area contributed by atoms with E-state index in [1.807, 2.05) is 30.3 Å². The summed E-state index contributed by atoms with van der Waals surface area (Å²) in [6, 6.07) is 7.41. The quantitative estimate of drug-likeness (QED) is 0.421. The molecular formula is C23H34N2O5S. The molecule has 1 saturated heterocycles. The number of aryl methyl sites for hydroxylation is 1. The maximum Gasteiger partial charge on any atom is 0.326 e. The summed E-state index contributed by atoms with van der Waals surface area (Å²) in [7, 11) is 0. The van der Waals surface area contributed by atoms with E-state index < -0.39 is 36.0 Å². The van der Waals surface area contributed by atoms with Crippen molar-refractivity contribution in [3.63, 3.8) is 0 Å². The van der Waals surface area contributed by atoms with Crippen LogP contribution in [-0.4, -0.2) is 58.2 Å². The number of amides is 1. The summed E-state index contributed by atoms with van der Waals surface area (Å²) in [4.78, 5) is 36.9. The number of hydrogen-bond acceptors (Lipinski definition) is 6. The molecule has 0 bridgehead atoms. The number of aliphatic carboxylic acids is 1. The normalized spacial score (nSPS) is 21.1. The SMILES string of the molecule is CCOC(=O)C(CCc1ccccc1)N[C@@H](C)C(=O)N[C@@H](CC1(C)CCCS1)C(=O)O. The molecule has 0 spiro atoms. The Kier molecular flexibility index (Phi) is 9.84. The number of carbonyl (C=O) groups is 3. The van der Waals surface area contributed by atoms with E-state index >= 15 is 0 Å². The fourth-order valence-corrected chi connectivity index (χ4v) is 5.13. The Morgan fingerprint density at radius 2 is 1.94 bits per heavy atom. The first kappa shape index (κ1) is 25.2. The highest BCUT2D eigenvalue weighted by atomic mass is 32.2. The van der Waals surface area contributed by atoms with Gasteiger partial charge in [0.05, 0.1) is 12.6 Å². The molecular weight excluding hydrogens is 416 g/mol. The lowest BCUT2D eigenvalue weighted by molar-refractivity contribution is -0.147. The van der Waals surface area contributed by atoms with Gasteiger partial charge >= 0.3 is 11.9 Å². The van der Waals surface area contributed by atoms with E-state index in [1.54, 1.807) is 25.6 Å². The third kappa shape index (κ3) is 8.18. The third-order valence-electron chi connectivity index (χ3n) is 5.53. The van der Waals surface area contributed by atoms with Crippen molar-refractivity contribution in [2.24, 2.45) is 0 Å². The Labute approximate surface area is 188 Å². The minimum atomic E-state index is -1.04. The second-order valence-electron chi connectivity index (χ2n) is 8.22. The average Bonchev–Trinajstić information content (AvgIpc) is 3.17. The third-order valence-corrected chi connectivity index (χ3v) is 7.09. The lowest BCUT2D eigenvalue weighted by atomic mass is 9.96. The van der Waals surface area contributed by atoms with Crippen LogP contribution in [0, 0.1) is 0 Å². The van der Waals surface area contributed by atoms with Gasteiger partial charge in [-0.1, -0.05) is 37.3 Å². The summed E-state index contributed by atoms with van der Waals surface area (Å²) in [6.45, 7) is 5.67. The number of carbonyl (C=O) groups excluding carboxylic acids is 2. The van der Waals surface area contributed by atoms with E-state index in [-0.39, 0.29) is 11.4 Å². The van der Waals surface area contributed by atoms with E-state index in [0.717, 1.165) is 24.2 Å². The number of rotatable bonds is 12. The second-order valence-corrected chi connectivity index (χ2v) is 9.91. The van der Waals surface area contributed by atoms with Crippen molar-refractivity contribution in [2.75, 3.05) is 12.4 Å². The number of nitrogens with one attached hydrogen (secondary N) is 2. The van der Waals surface area contributed by atoms with Crippen molar-refractivity contribution in [3.05, 3.63) is 35.9 Å². The highest BCUT2D eigenvalue weighted by Gasteiger charge is 2.36. The van der Waals surface area contributed by atoms with Crippen LogP contribution in [0.25, 0.3) is 0 Å². The van der Waals surface area contributed by atoms with Crippen molar-refractivity contribution >= 4 is 29.6 Å². The first-order valence-corrected chi connectivity index (χ1v) is 11.9. The monoisotopic (exact) mass is 450 g/mol. The Balaban J connectivity index is 1.97. The number of hydrogen-bond donors (Lipinski definition) is 3. The van der Waals surface area contributed by atoms with Crippen LogP contribution in [0.2, 0.25) is 0 Å². The molecule has 0 aromatic heterocycles. The molecule has 31 heavy (non-hydrogen) atoms. The Morgan fingerprint density at radius 3 is 2.52 bits per heavy atom. The summed E-state index contributed by atoms with van der Waals surface area (Å²) < 4.78 is 5.02. The maximum atomic E-state index is 12.7. The maximum absolute atomic E-state index is 12.7. The average molecular weight is 451 g/mol. The van der Waals surface area contributed by atoms with Gasteiger partial charge in [-0.3, -0.25) is 14.9 Å². The first-order chi connectivity index (χ1) is 14.7. The van der Waals surface area contributed by atoms with Crippen molar-refractivity contribution in [2.45, 2.75) is 75.7 Å². The van der Waals surface area contributed by atoms with E-state index in [2.05, 4.69) is 17.6 Å². The number of carboxylic acids is 1. The van der Waals surface area contributed by atoms with E-state index in [1.165, 1.54) is 0 Å². The van der Waals surface area contributed by atoms with Gasteiger partial charge in [0.25, 0.3) is 0 Å². The van der Waals surface area contributed by atoms with Gasteiger partial charge in [-0.15, -0.1) is 0 Å². The second kappa shape index (κ2) is 12.1. The van der Waals surface area contributed by atoms with Crippen molar-refractivity contribution < 1.29 is 24.2 Å². The van der Waals surface area contributed by atoms with Gasteiger partial charge in [0.15, 0.2) is 0 Å². The first-order valence-electron chi connectivity index (χ1n) is 10.9. The highest BCUT2D eigenvalue weighted by Crippen LogP contribution is 2.41. The van der Waals surface area contributed by atoms with Crippen LogP contribution < -0.4 is 10.6 Å². The molecule has 7 nitrogen and oxygen atoms in total. The molecule has 1 aliphatic heterocycles. The fourth-order valence-electron chi connectivity index (χ4n) is 3.77. The molecule has 1 heterocycles. The van der Waals surface area contributed by atoms with Gasteiger partial charge < -0.3 is 15.2 Å². The Hall–Kier alpha value is -2.06. The van der Waals surface area contributed by atoms with Crippen molar-refractivity contribution in [1.82, 2.24) is 10.6 Å². The van der Waals surface area contributed by atoms with Crippen LogP contribution in [0.3, 0.4) is 0 Å². The molecule has 8 heteroatoms. The molecule has 4 atom stereocenters. The number of esters is 1. The van der Waals surface area contributed by atoms with Gasteiger partial charge in [0, 0.05) is 4.75 Å². The zero-order valence-electron chi connectivity index (χ0n) is 18.6. The van der Waals surface area contributed by atoms with Crippen LogP contribution in [0.4, 0.5) is 0 Å². The molecule has 2 rings (SSSR count). The summed E-state index contributed by atoms with van der Waals surface area (Å²) in [6.07, 6.45) is 3.49. The summed E-state index contributed by atoms with van der Waals surface area (Å²) in [5.41, 5.74) is 1.09. The Bertz CT molecular complexity index is 737. The molecule has 1 amide bonds. The van der Waals surface area contributed by atoms with E-state index in [4.69, 9.17) is 4.74 Å². The zero-order valence-corrected chi connectivity index (χ0v) is 19.4. The standard InChI is InChI=1S/C23H34N2O5S/c1-4-30-22(29)18(12-11-17-9-6-5-7-10-17)24-16(2)20(26)25-19(21(27)28)15-23(3)13-8-14-31-23/h5-7,9-10,16,18-19,24H,4,8,11-15H2,1-3H3,(H,25,26)(H,27,28)/t16-,18?,19-,23?/m0/s1. The molecule has 2 unspecified atom stereocenters. The van der Waals surface area contributed by atoms with E-state index in [9.17, 15) is 19.5 Å². The Morgan fingerprint density at radius 1 is 1.23 bits per heavy atom. The number of benzene rings is 1. The van der Waals surface area contributed by atoms with Crippen molar-refractivity contribution in [1.29, 1.82) is 0 Å². The molecule has 0 saturated carbocycles. The topological polar surface area (TPSA) is 105 Å². The lowest BCUT2D eigenvalue weighted by Gasteiger charge is -2.28. The smallest absolute Gasteiger partial charge is 0.326 e. The molecule has 1 aliphatic rings. The van der Waals surface area contributed by atoms with Gasteiger partial charge in [0.1, 0.15) is 12.1 Å². The molecule has 1 fully saturated rings. The van der Waals surface area contributed by atoms with Gasteiger partial charge in [-0.05, 0) is 57.3 Å². The minimum Gasteiger partial charge on any atom is -0.480 e. The van der Waals surface area contributed by atoms with Crippen LogP contribution in [0.15, 0.2) is 30.3 Å². The number of carboxylic acid groups (broad SMARTS) is 1. The molecule has 0 aliphatic carbocycles. The predicted octanol–water partition coefficient (Wildman–Crippen LogP) is 2.77. The molecule has 1 aromatic carbocycles. The molecule has 172 valence electrons. The predicted molar refractivity (Wildman–Crippen MR) is 122 cm³/mol. The minimum absolute atomic E-state index is 0.143. The zero-order chi connectivity index (χ0) is 22.9. The number of ether oxygens (including phenoxy) is 1. The van der Waals surface area contributed by atoms with Gasteiger partial charge in [0.2, 0.25) is 5.91 Å². The van der Waals surface area contributed by atoms with Crippen LogP contribution in [0.5, 0.6) is 0 Å². The van der Waals surface area contributed by atoms with Crippen LogP contribution in [-0.2, 0) is 25.5 Å². The summed E-state index contributed by atoms with van der Waals surface area (Å²) in [5, 5.41) is 15.3. The summed E-state index contributed by atoms with van der Waals surface area (Å²) in [5.74, 6) is -0.881. The van der Waals surface area contributed by atoms with Crippen LogP contribution >= 0.6 is 11.8 Å². The lowest BCUT2D eigenvalue weighted by Crippen LogP contribution is -2.54. The molecule has 3 N–H and O–H groups in total. The van der Waals surface area contributed by atoms with E-state index in [0.29, 0.717) is 19.3 Å². The largest absolute Gasteiger partial charge is 0.480 e. The fraction of sp³-hybridized carbons (Fsp3) is 0.609. The van der Waals surface area contributed by atoms with Crippen molar-refractivity contribution in [3.8, 4) is 0 Å². The molecule has 0 radical (unpaired) electrons. The summed E-state index contributed by atoms with van der Waals surface area (Å²) >= 11 is 1.76. The van der Waals surface area contributed by atoms with Gasteiger partial charge in [-0.2, -0.15) is 11.8 Å². The number of thioether (sulfide) groups is 1. The van der Waals surface area contributed by atoms with Crippen LogP contribution in [0.1, 0.15) is 52.0 Å². The highest BCUT2D eigenvalue weighted by molar-refractivity contribution is 8.00. The molecule has 1 aromatic rings.